The first-order valence-corrected chi connectivity index (χ1v) is 11.7. The Bertz CT molecular complexity index is 1200. The summed E-state index contributed by atoms with van der Waals surface area (Å²) < 4.78 is 3.28. The van der Waals surface area contributed by atoms with Gasteiger partial charge in [0, 0.05) is 55.8 Å². The van der Waals surface area contributed by atoms with Crippen LogP contribution in [0, 0.1) is 12.8 Å². The lowest BCUT2D eigenvalue weighted by Gasteiger charge is -2.42. The Hall–Kier alpha value is -3.47. The molecule has 3 aliphatic heterocycles. The number of aromatic nitrogens is 3. The molecule has 5 rings (SSSR count). The van der Waals surface area contributed by atoms with Crippen LogP contribution in [0.5, 0.6) is 0 Å². The summed E-state index contributed by atoms with van der Waals surface area (Å²) in [5.41, 5.74) is 1.54. The summed E-state index contributed by atoms with van der Waals surface area (Å²) in [5.74, 6) is -0.974. The number of pyridine rings is 1. The first-order valence-electron chi connectivity index (χ1n) is 11.7. The van der Waals surface area contributed by atoms with Gasteiger partial charge in [0.1, 0.15) is 5.82 Å². The van der Waals surface area contributed by atoms with E-state index in [9.17, 15) is 19.2 Å². The second kappa shape index (κ2) is 8.71. The zero-order valence-corrected chi connectivity index (χ0v) is 19.3. The maximum atomic E-state index is 13.1. The van der Waals surface area contributed by atoms with E-state index in [1.807, 2.05) is 13.0 Å². The molecule has 0 aliphatic carbocycles. The van der Waals surface area contributed by atoms with E-state index < -0.39 is 18.1 Å². The van der Waals surface area contributed by atoms with Crippen LogP contribution in [-0.4, -0.2) is 56.1 Å². The molecule has 2 aromatic rings. The molecule has 4 unspecified atom stereocenters. The average Bonchev–Trinajstić information content (AvgIpc) is 3.18. The molecule has 2 saturated heterocycles. The van der Waals surface area contributed by atoms with Crippen LogP contribution in [-0.2, 0) is 20.9 Å². The third-order valence-corrected chi connectivity index (χ3v) is 6.92. The van der Waals surface area contributed by atoms with Gasteiger partial charge < -0.3 is 20.1 Å². The molecule has 2 aromatic heterocycles. The van der Waals surface area contributed by atoms with Gasteiger partial charge in [-0.1, -0.05) is 13.0 Å². The molecular formula is C23H29N7O4. The zero-order valence-electron chi connectivity index (χ0n) is 19.3. The second-order valence-corrected chi connectivity index (χ2v) is 9.42. The van der Waals surface area contributed by atoms with Crippen molar-refractivity contribution in [1.82, 2.24) is 29.9 Å². The minimum absolute atomic E-state index is 0.00316. The van der Waals surface area contributed by atoms with Gasteiger partial charge in [-0.2, -0.15) is 5.10 Å². The smallest absolute Gasteiger partial charge is 0.315 e. The van der Waals surface area contributed by atoms with Crippen molar-refractivity contribution in [3.8, 4) is 0 Å². The molecular weight excluding hydrogens is 438 g/mol. The number of nitrogens with one attached hydrogen (secondary N) is 3. The highest BCUT2D eigenvalue weighted by Crippen LogP contribution is 2.35. The number of carbonyl (C=O) groups excluding carboxylic acids is 3. The third kappa shape index (κ3) is 4.11. The molecule has 5 heterocycles. The topological polar surface area (TPSA) is 130 Å². The zero-order chi connectivity index (χ0) is 24.0. The minimum Gasteiger partial charge on any atom is -0.333 e. The maximum Gasteiger partial charge on any atom is 0.315 e. The van der Waals surface area contributed by atoms with Crippen LogP contribution >= 0.6 is 0 Å². The second-order valence-electron chi connectivity index (χ2n) is 9.42. The predicted octanol–water partition coefficient (Wildman–Crippen LogP) is 0.282. The lowest BCUT2D eigenvalue weighted by molar-refractivity contribution is -0.145. The number of anilines is 1. The molecule has 34 heavy (non-hydrogen) atoms. The summed E-state index contributed by atoms with van der Waals surface area (Å²) in [6.45, 7) is 5.14. The van der Waals surface area contributed by atoms with Gasteiger partial charge in [0.05, 0.1) is 5.69 Å². The van der Waals surface area contributed by atoms with Crippen molar-refractivity contribution < 1.29 is 14.4 Å². The van der Waals surface area contributed by atoms with E-state index in [1.54, 1.807) is 34.6 Å². The summed E-state index contributed by atoms with van der Waals surface area (Å²) in [6, 6.07) is 6.89. The Morgan fingerprint density at radius 2 is 2.03 bits per heavy atom. The monoisotopic (exact) mass is 467 g/mol. The Labute approximate surface area is 196 Å². The van der Waals surface area contributed by atoms with Gasteiger partial charge in [0.15, 0.2) is 6.29 Å². The van der Waals surface area contributed by atoms with Crippen molar-refractivity contribution in [3.05, 3.63) is 46.0 Å². The fourth-order valence-corrected chi connectivity index (χ4v) is 5.34. The normalized spacial score (nSPS) is 25.9. The van der Waals surface area contributed by atoms with Crippen LogP contribution in [0.1, 0.15) is 49.8 Å². The van der Waals surface area contributed by atoms with Crippen LogP contribution in [0.2, 0.25) is 0 Å². The third-order valence-electron chi connectivity index (χ3n) is 6.92. The number of amides is 3. The summed E-state index contributed by atoms with van der Waals surface area (Å²) in [6.07, 6.45) is 1.43. The molecule has 180 valence electrons. The van der Waals surface area contributed by atoms with Gasteiger partial charge in [0.2, 0.25) is 5.91 Å². The average molecular weight is 468 g/mol. The van der Waals surface area contributed by atoms with E-state index in [4.69, 9.17) is 0 Å². The van der Waals surface area contributed by atoms with Crippen molar-refractivity contribution in [3.63, 3.8) is 0 Å². The fourth-order valence-electron chi connectivity index (χ4n) is 5.34. The first-order chi connectivity index (χ1) is 16.3. The summed E-state index contributed by atoms with van der Waals surface area (Å²) >= 11 is 0. The first kappa shape index (κ1) is 22.3. The molecule has 3 aliphatic rings. The Kier molecular flexibility index (Phi) is 5.72. The van der Waals surface area contributed by atoms with E-state index in [-0.39, 0.29) is 29.3 Å². The van der Waals surface area contributed by atoms with Crippen LogP contribution in [0.25, 0.3) is 0 Å². The van der Waals surface area contributed by atoms with E-state index >= 15 is 0 Å². The highest BCUT2D eigenvalue weighted by molar-refractivity contribution is 6.39. The molecule has 2 bridgehead atoms. The predicted molar refractivity (Wildman–Crippen MR) is 123 cm³/mol. The van der Waals surface area contributed by atoms with Crippen LogP contribution in [0.4, 0.5) is 5.82 Å². The highest BCUT2D eigenvalue weighted by atomic mass is 16.2. The Morgan fingerprint density at radius 1 is 1.21 bits per heavy atom. The Morgan fingerprint density at radius 3 is 2.82 bits per heavy atom. The van der Waals surface area contributed by atoms with Crippen molar-refractivity contribution in [2.24, 2.45) is 5.92 Å². The number of likely N-dealkylation sites (tertiary alicyclic amines) is 1. The lowest BCUT2D eigenvalue weighted by atomic mass is 9.83. The quantitative estimate of drug-likeness (QED) is 0.556. The van der Waals surface area contributed by atoms with Crippen LogP contribution < -0.4 is 21.5 Å². The van der Waals surface area contributed by atoms with Crippen molar-refractivity contribution in [2.45, 2.75) is 57.9 Å². The number of nitrogens with zero attached hydrogens (tertiary/aromatic N) is 4. The van der Waals surface area contributed by atoms with Crippen molar-refractivity contribution >= 4 is 23.5 Å². The largest absolute Gasteiger partial charge is 0.333 e. The number of rotatable bonds is 3. The molecule has 11 heteroatoms. The molecule has 0 aromatic carbocycles. The van der Waals surface area contributed by atoms with Crippen molar-refractivity contribution in [2.75, 3.05) is 18.4 Å². The van der Waals surface area contributed by atoms with Crippen LogP contribution in [0.3, 0.4) is 0 Å². The van der Waals surface area contributed by atoms with Crippen LogP contribution in [0.15, 0.2) is 29.1 Å². The van der Waals surface area contributed by atoms with Gasteiger partial charge in [-0.15, -0.1) is 0 Å². The molecule has 0 radical (unpaired) electrons. The van der Waals surface area contributed by atoms with Gasteiger partial charge in [0.25, 0.3) is 5.56 Å². The number of hydrogen-bond donors (Lipinski definition) is 3. The van der Waals surface area contributed by atoms with Gasteiger partial charge in [-0.25, -0.2) is 4.68 Å². The van der Waals surface area contributed by atoms with E-state index in [0.29, 0.717) is 37.6 Å². The molecule has 4 atom stereocenters. The molecule has 0 saturated carbocycles. The fraction of sp³-hybridized carbons (Fsp3) is 0.522. The summed E-state index contributed by atoms with van der Waals surface area (Å²) in [5, 5.41) is 13.2. The maximum absolute atomic E-state index is 13.1. The minimum atomic E-state index is -0.749. The van der Waals surface area contributed by atoms with Gasteiger partial charge in [-0.3, -0.25) is 24.5 Å². The number of piperidine rings is 1. The standard InChI is InChI=1S/C23H29N7O4/c1-3-16-9-19(31)26-23(24-16)30-18(7-13(2)27-30)25-21(33)22(34)28-10-14-8-15(12-28)17-5-4-6-20(32)29(17)11-14/h4-7,14-16,23-24H,3,8-12H2,1-2H3,(H,25,33)(H,26,31). The molecule has 3 amide bonds. The number of fused-ring (bicyclic) bond motifs is 4. The van der Waals surface area contributed by atoms with E-state index in [0.717, 1.165) is 18.5 Å². The number of hydrogen-bond acceptors (Lipinski definition) is 6. The molecule has 2 fully saturated rings. The molecule has 3 N–H and O–H groups in total. The molecule has 0 spiro atoms. The number of aryl methyl sites for hydroxylation is 1. The van der Waals surface area contributed by atoms with E-state index in [1.165, 1.54) is 4.68 Å². The van der Waals surface area contributed by atoms with Gasteiger partial charge >= 0.3 is 11.8 Å². The van der Waals surface area contributed by atoms with Gasteiger partial charge in [-0.05, 0) is 31.7 Å². The summed E-state index contributed by atoms with van der Waals surface area (Å²) in [7, 11) is 0. The van der Waals surface area contributed by atoms with Crippen molar-refractivity contribution in [1.29, 1.82) is 0 Å². The van der Waals surface area contributed by atoms with E-state index in [2.05, 4.69) is 21.0 Å². The summed E-state index contributed by atoms with van der Waals surface area (Å²) in [4.78, 5) is 52.0. The number of carbonyl (C=O) groups is 3. The molecule has 11 nitrogen and oxygen atoms in total. The highest BCUT2D eigenvalue weighted by Gasteiger charge is 2.38. The lowest BCUT2D eigenvalue weighted by Crippen LogP contribution is -2.53. The Balaban J connectivity index is 1.31. The SMILES string of the molecule is CCC1CC(=O)NC(n2nc(C)cc2NC(=O)C(=O)N2CC3CC(C2)c2cccc(=O)n2C3)N1.